The second-order valence-electron chi connectivity index (χ2n) is 11.6. The van der Waals surface area contributed by atoms with Crippen LogP contribution in [-0.2, 0) is 6.42 Å². The van der Waals surface area contributed by atoms with Crippen LogP contribution in [0.15, 0.2) is 52.4 Å². The van der Waals surface area contributed by atoms with Gasteiger partial charge in [-0.05, 0) is 68.4 Å². The first-order valence-electron chi connectivity index (χ1n) is 14.4. The maximum Gasteiger partial charge on any atom is 0.163 e. The summed E-state index contributed by atoms with van der Waals surface area (Å²) < 4.78 is 6.60. The summed E-state index contributed by atoms with van der Waals surface area (Å²) in [7, 11) is 0. The molecule has 1 fully saturated rings. The largest absolute Gasteiger partial charge is 0.490 e. The van der Waals surface area contributed by atoms with E-state index >= 15 is 0 Å². The molecule has 2 aromatic carbocycles. The molecule has 1 saturated carbocycles. The van der Waals surface area contributed by atoms with E-state index in [-0.39, 0.29) is 29.6 Å². The number of aliphatic imine (C=N–C) groups is 2. The maximum absolute atomic E-state index is 13.8. The summed E-state index contributed by atoms with van der Waals surface area (Å²) in [6.45, 7) is 7.33. The first kappa shape index (κ1) is 26.5. The molecule has 38 heavy (non-hydrogen) atoms. The molecule has 0 amide bonds. The van der Waals surface area contributed by atoms with Crippen molar-refractivity contribution in [1.29, 1.82) is 0 Å². The Balaban J connectivity index is 1.30. The Morgan fingerprint density at radius 1 is 0.974 bits per heavy atom. The molecule has 5 rings (SSSR count). The van der Waals surface area contributed by atoms with E-state index in [4.69, 9.17) is 4.74 Å². The molecular formula is C33H40N2O3. The topological polar surface area (TPSA) is 68.1 Å². The molecule has 5 nitrogen and oxygen atoms in total. The summed E-state index contributed by atoms with van der Waals surface area (Å²) in [6.07, 6.45) is 9.55. The van der Waals surface area contributed by atoms with Crippen LogP contribution in [0.2, 0.25) is 0 Å². The van der Waals surface area contributed by atoms with Crippen LogP contribution < -0.4 is 4.74 Å². The maximum atomic E-state index is 13.8. The van der Waals surface area contributed by atoms with Crippen molar-refractivity contribution in [3.8, 4) is 5.75 Å². The first-order chi connectivity index (χ1) is 18.4. The van der Waals surface area contributed by atoms with Crippen LogP contribution in [-0.4, -0.2) is 42.7 Å². The summed E-state index contributed by atoms with van der Waals surface area (Å²) >= 11 is 0. The van der Waals surface area contributed by atoms with E-state index in [0.717, 1.165) is 60.1 Å². The van der Waals surface area contributed by atoms with Gasteiger partial charge in [0.25, 0.3) is 0 Å². The average Bonchev–Trinajstić information content (AvgIpc) is 3.21. The van der Waals surface area contributed by atoms with Gasteiger partial charge in [-0.3, -0.25) is 19.6 Å². The van der Waals surface area contributed by atoms with Crippen LogP contribution in [0, 0.1) is 17.8 Å². The molecule has 0 aromatic heterocycles. The number of carbonyl (C=O) groups excluding carboxylic acids is 2. The Morgan fingerprint density at radius 2 is 1.82 bits per heavy atom. The van der Waals surface area contributed by atoms with Crippen molar-refractivity contribution in [2.24, 2.45) is 27.7 Å². The minimum Gasteiger partial charge on any atom is -0.490 e. The Bertz CT molecular complexity index is 1230. The van der Waals surface area contributed by atoms with E-state index < -0.39 is 0 Å². The molecule has 6 unspecified atom stereocenters. The fourth-order valence-electron chi connectivity index (χ4n) is 6.78. The standard InChI is InChI=1S/C33H40N2O3/c1-21-14-15-24(38-33-13-7-10-27-28(33)11-6-12-31(27)36)18-22(2)29(21)19-32(37)26-9-5-4-8-25(26)30-20-34-16-17-35-23(30)3/h4-5,7-10,13,16-17,21-24,29-30H,6,11-12,14-15,18-20H2,1-3H3. The third-order valence-electron chi connectivity index (χ3n) is 9.06. The molecule has 5 heteroatoms. The van der Waals surface area contributed by atoms with Crippen molar-refractivity contribution in [2.45, 2.75) is 83.8 Å². The summed E-state index contributed by atoms with van der Waals surface area (Å²) in [4.78, 5) is 35.3. The van der Waals surface area contributed by atoms with Crippen molar-refractivity contribution in [2.75, 3.05) is 6.54 Å². The van der Waals surface area contributed by atoms with Gasteiger partial charge >= 0.3 is 0 Å². The lowest BCUT2D eigenvalue weighted by atomic mass is 9.77. The molecule has 0 radical (unpaired) electrons. The molecule has 3 aliphatic rings. The highest BCUT2D eigenvalue weighted by atomic mass is 16.5. The van der Waals surface area contributed by atoms with E-state index in [9.17, 15) is 9.59 Å². The average molecular weight is 513 g/mol. The highest BCUT2D eigenvalue weighted by molar-refractivity contribution is 6.16. The molecule has 6 atom stereocenters. The quantitative estimate of drug-likeness (QED) is 0.311. The summed E-state index contributed by atoms with van der Waals surface area (Å²) in [5.74, 6) is 2.55. The van der Waals surface area contributed by atoms with Gasteiger partial charge in [0.05, 0.1) is 12.1 Å². The number of ketones is 2. The number of benzene rings is 2. The van der Waals surface area contributed by atoms with Crippen LogP contribution in [0.4, 0.5) is 0 Å². The third-order valence-corrected chi connectivity index (χ3v) is 9.06. The van der Waals surface area contributed by atoms with E-state index in [1.165, 1.54) is 0 Å². The molecule has 200 valence electrons. The zero-order valence-electron chi connectivity index (χ0n) is 22.9. The van der Waals surface area contributed by atoms with Gasteiger partial charge in [0.2, 0.25) is 0 Å². The van der Waals surface area contributed by atoms with Gasteiger partial charge < -0.3 is 4.74 Å². The minimum atomic E-state index is 0.0825. The first-order valence-corrected chi connectivity index (χ1v) is 14.4. The van der Waals surface area contributed by atoms with Gasteiger partial charge in [-0.2, -0.15) is 0 Å². The van der Waals surface area contributed by atoms with Crippen molar-refractivity contribution in [1.82, 2.24) is 0 Å². The number of ether oxygens (including phenoxy) is 1. The lowest BCUT2D eigenvalue weighted by Crippen LogP contribution is -2.25. The lowest BCUT2D eigenvalue weighted by molar-refractivity contribution is 0.0910. The molecule has 2 aromatic rings. The van der Waals surface area contributed by atoms with E-state index in [1.807, 2.05) is 36.4 Å². The predicted octanol–water partition coefficient (Wildman–Crippen LogP) is 6.93. The Labute approximate surface area is 226 Å². The van der Waals surface area contributed by atoms with Crippen LogP contribution in [0.25, 0.3) is 0 Å². The monoisotopic (exact) mass is 512 g/mol. The summed E-state index contributed by atoms with van der Waals surface area (Å²) in [5, 5.41) is 0. The lowest BCUT2D eigenvalue weighted by Gasteiger charge is -2.28. The zero-order chi connectivity index (χ0) is 26.6. The molecular weight excluding hydrogens is 472 g/mol. The van der Waals surface area contributed by atoms with Crippen LogP contribution in [0.5, 0.6) is 5.75 Å². The number of nitrogens with zero attached hydrogens (tertiary/aromatic N) is 2. The molecule has 0 spiro atoms. The van der Waals surface area contributed by atoms with Gasteiger partial charge in [-0.1, -0.05) is 50.2 Å². The zero-order valence-corrected chi connectivity index (χ0v) is 22.9. The van der Waals surface area contributed by atoms with E-state index in [0.29, 0.717) is 37.1 Å². The van der Waals surface area contributed by atoms with Crippen molar-refractivity contribution >= 4 is 24.0 Å². The summed E-state index contributed by atoms with van der Waals surface area (Å²) in [6, 6.07) is 14.1. The molecule has 1 aliphatic heterocycles. The number of fused-ring (bicyclic) bond motifs is 1. The number of hydrogen-bond donors (Lipinski definition) is 0. The second kappa shape index (κ2) is 11.8. The number of rotatable bonds is 6. The predicted molar refractivity (Wildman–Crippen MR) is 153 cm³/mol. The van der Waals surface area contributed by atoms with Gasteiger partial charge in [0.1, 0.15) is 5.75 Å². The fourth-order valence-corrected chi connectivity index (χ4v) is 6.78. The number of hydrogen-bond acceptors (Lipinski definition) is 5. The third kappa shape index (κ3) is 5.67. The van der Waals surface area contributed by atoms with Crippen LogP contribution >= 0.6 is 0 Å². The van der Waals surface area contributed by atoms with Gasteiger partial charge in [0.15, 0.2) is 11.6 Å². The Morgan fingerprint density at radius 3 is 2.68 bits per heavy atom. The fraction of sp³-hybridized carbons (Fsp3) is 0.515. The second-order valence-corrected chi connectivity index (χ2v) is 11.6. The molecule has 2 aliphatic carbocycles. The number of carbonyl (C=O) groups is 2. The van der Waals surface area contributed by atoms with Crippen LogP contribution in [0.1, 0.15) is 97.1 Å². The van der Waals surface area contributed by atoms with E-state index in [2.05, 4.69) is 36.8 Å². The van der Waals surface area contributed by atoms with Gasteiger partial charge in [0, 0.05) is 54.4 Å². The van der Waals surface area contributed by atoms with Gasteiger partial charge in [-0.25, -0.2) is 0 Å². The molecule has 0 N–H and O–H groups in total. The Hall–Kier alpha value is -3.08. The highest BCUT2D eigenvalue weighted by Crippen LogP contribution is 2.39. The molecule has 0 saturated heterocycles. The number of Topliss-reactive ketones (excluding diaryl/α,β-unsaturated/α-hetero) is 2. The highest BCUT2D eigenvalue weighted by Gasteiger charge is 2.34. The smallest absolute Gasteiger partial charge is 0.163 e. The molecule has 1 heterocycles. The van der Waals surface area contributed by atoms with Crippen molar-refractivity contribution in [3.63, 3.8) is 0 Å². The normalized spacial score (nSPS) is 29.3. The minimum absolute atomic E-state index is 0.0825. The van der Waals surface area contributed by atoms with E-state index in [1.54, 1.807) is 12.4 Å². The van der Waals surface area contributed by atoms with Crippen molar-refractivity contribution in [3.05, 3.63) is 64.7 Å². The van der Waals surface area contributed by atoms with Crippen LogP contribution in [0.3, 0.4) is 0 Å². The summed E-state index contributed by atoms with van der Waals surface area (Å²) in [5.41, 5.74) is 3.82. The van der Waals surface area contributed by atoms with Crippen molar-refractivity contribution < 1.29 is 14.3 Å². The molecule has 0 bridgehead atoms. The van der Waals surface area contributed by atoms with Gasteiger partial charge in [-0.15, -0.1) is 0 Å². The SMILES string of the molecule is CC1CCC(Oc2cccc3c2CCCC3=O)CC(C)C1CC(=O)c1ccccc1C1CN=CC=NC1C. The Kier molecular flexibility index (Phi) is 8.21.